The van der Waals surface area contributed by atoms with E-state index >= 15 is 0 Å². The first kappa shape index (κ1) is 17.2. The lowest BCUT2D eigenvalue weighted by Gasteiger charge is -2.25. The van der Waals surface area contributed by atoms with E-state index in [1.165, 1.54) is 16.7 Å². The van der Waals surface area contributed by atoms with Crippen molar-refractivity contribution in [2.24, 2.45) is 0 Å². The average molecular weight is 368 g/mol. The predicted molar refractivity (Wildman–Crippen MR) is 112 cm³/mol. The lowest BCUT2D eigenvalue weighted by molar-refractivity contribution is -0.123. The van der Waals surface area contributed by atoms with E-state index in [1.54, 1.807) is 0 Å². The fourth-order valence-electron chi connectivity index (χ4n) is 4.78. The minimum atomic E-state index is -0.403. The Labute approximate surface area is 166 Å². The molecule has 1 unspecified atom stereocenters. The molecule has 3 aromatic carbocycles. The molecule has 28 heavy (non-hydrogen) atoms. The van der Waals surface area contributed by atoms with Gasteiger partial charge < -0.3 is 4.90 Å². The van der Waals surface area contributed by atoms with Crippen LogP contribution in [0.15, 0.2) is 84.9 Å². The number of carbonyl (C=O) groups is 1. The van der Waals surface area contributed by atoms with Crippen molar-refractivity contribution in [3.8, 4) is 0 Å². The van der Waals surface area contributed by atoms with Crippen LogP contribution in [0.4, 0.5) is 5.69 Å². The van der Waals surface area contributed by atoms with Gasteiger partial charge in [-0.1, -0.05) is 78.9 Å². The number of carbonyl (C=O) groups excluding carboxylic acids is 1. The van der Waals surface area contributed by atoms with Gasteiger partial charge in [-0.15, -0.1) is 0 Å². The fraction of sp³-hybridized carbons (Fsp3) is 0.240. The summed E-state index contributed by atoms with van der Waals surface area (Å²) >= 11 is 0. The van der Waals surface area contributed by atoms with E-state index in [4.69, 9.17) is 0 Å². The maximum absolute atomic E-state index is 13.7. The maximum Gasteiger partial charge on any atom is 0.239 e. The predicted octanol–water partition coefficient (Wildman–Crippen LogP) is 4.38. The highest BCUT2D eigenvalue weighted by Gasteiger charge is 2.53. The zero-order valence-corrected chi connectivity index (χ0v) is 15.9. The Kier molecular flexibility index (Phi) is 4.25. The average Bonchev–Trinajstić information content (AvgIpc) is 3.26. The minimum Gasteiger partial charge on any atom is -0.307 e. The molecule has 1 atom stereocenters. The molecule has 0 N–H and O–H groups in total. The highest BCUT2D eigenvalue weighted by molar-refractivity contribution is 6.08. The Morgan fingerprint density at radius 1 is 0.750 bits per heavy atom. The number of hydrogen-bond acceptors (Lipinski definition) is 2. The molecule has 0 aromatic heterocycles. The SMILES string of the molecule is O=C1N(Cc2ccccc2)c2ccccc2C12CCN(Cc1ccccc1)C2. The largest absolute Gasteiger partial charge is 0.307 e. The summed E-state index contributed by atoms with van der Waals surface area (Å²) in [7, 11) is 0. The van der Waals surface area contributed by atoms with Gasteiger partial charge >= 0.3 is 0 Å². The van der Waals surface area contributed by atoms with E-state index in [2.05, 4.69) is 59.5 Å². The van der Waals surface area contributed by atoms with Gasteiger partial charge in [0.05, 0.1) is 12.0 Å². The molecule has 140 valence electrons. The van der Waals surface area contributed by atoms with Crippen LogP contribution in [-0.2, 0) is 23.3 Å². The number of rotatable bonds is 4. The second kappa shape index (κ2) is 6.92. The number of fused-ring (bicyclic) bond motifs is 2. The monoisotopic (exact) mass is 368 g/mol. The summed E-state index contributed by atoms with van der Waals surface area (Å²) in [5, 5.41) is 0. The van der Waals surface area contributed by atoms with E-state index in [0.717, 1.165) is 31.7 Å². The molecule has 0 aliphatic carbocycles. The fourth-order valence-corrected chi connectivity index (χ4v) is 4.78. The Balaban J connectivity index is 1.44. The third-order valence-corrected chi connectivity index (χ3v) is 6.15. The Morgan fingerprint density at radius 3 is 2.07 bits per heavy atom. The number of likely N-dealkylation sites (tertiary alicyclic amines) is 1. The van der Waals surface area contributed by atoms with Gasteiger partial charge in [0.25, 0.3) is 0 Å². The Morgan fingerprint density at radius 2 is 1.36 bits per heavy atom. The maximum atomic E-state index is 13.7. The zero-order chi connectivity index (χ0) is 19.0. The molecule has 0 bridgehead atoms. The molecule has 3 nitrogen and oxygen atoms in total. The lowest BCUT2D eigenvalue weighted by atomic mass is 9.81. The molecule has 0 saturated carbocycles. The van der Waals surface area contributed by atoms with Crippen LogP contribution in [0.2, 0.25) is 0 Å². The molecule has 1 fully saturated rings. The van der Waals surface area contributed by atoms with E-state index in [0.29, 0.717) is 6.54 Å². The van der Waals surface area contributed by atoms with Gasteiger partial charge in [-0.2, -0.15) is 0 Å². The van der Waals surface area contributed by atoms with Crippen LogP contribution in [0.25, 0.3) is 0 Å². The van der Waals surface area contributed by atoms with Gasteiger partial charge in [-0.05, 0) is 35.7 Å². The zero-order valence-electron chi connectivity index (χ0n) is 15.9. The summed E-state index contributed by atoms with van der Waals surface area (Å²) in [6.45, 7) is 3.28. The highest BCUT2D eigenvalue weighted by atomic mass is 16.2. The minimum absolute atomic E-state index is 0.258. The molecular formula is C25H24N2O. The first-order valence-electron chi connectivity index (χ1n) is 9.98. The van der Waals surface area contributed by atoms with Crippen LogP contribution in [-0.4, -0.2) is 23.9 Å². The molecule has 2 aliphatic rings. The highest BCUT2D eigenvalue weighted by Crippen LogP contribution is 2.47. The molecule has 3 heteroatoms. The van der Waals surface area contributed by atoms with Gasteiger partial charge in [0.1, 0.15) is 0 Å². The van der Waals surface area contributed by atoms with Crippen LogP contribution in [0.3, 0.4) is 0 Å². The van der Waals surface area contributed by atoms with E-state index in [1.807, 2.05) is 35.2 Å². The van der Waals surface area contributed by atoms with Crippen molar-refractivity contribution in [2.75, 3.05) is 18.0 Å². The molecule has 1 saturated heterocycles. The van der Waals surface area contributed by atoms with Crippen molar-refractivity contribution >= 4 is 11.6 Å². The van der Waals surface area contributed by atoms with Crippen LogP contribution < -0.4 is 4.90 Å². The third-order valence-electron chi connectivity index (χ3n) is 6.15. The number of benzene rings is 3. The molecular weight excluding hydrogens is 344 g/mol. The van der Waals surface area contributed by atoms with Gasteiger partial charge in [0.15, 0.2) is 0 Å². The van der Waals surface area contributed by atoms with Crippen molar-refractivity contribution in [1.82, 2.24) is 4.90 Å². The molecule has 3 aromatic rings. The molecule has 1 amide bonds. The Bertz CT molecular complexity index is 986. The molecule has 1 spiro atoms. The standard InChI is InChI=1S/C25H24N2O/c28-24-25(15-16-26(19-25)17-20-9-3-1-4-10-20)22-13-7-8-14-23(22)27(24)18-21-11-5-2-6-12-21/h1-14H,15-19H2. The van der Waals surface area contributed by atoms with E-state index in [-0.39, 0.29) is 5.91 Å². The third kappa shape index (κ3) is 2.83. The number of anilines is 1. The van der Waals surface area contributed by atoms with Crippen molar-refractivity contribution in [2.45, 2.75) is 24.9 Å². The second-order valence-electron chi connectivity index (χ2n) is 7.92. The van der Waals surface area contributed by atoms with Crippen molar-refractivity contribution in [3.63, 3.8) is 0 Å². The molecule has 2 aliphatic heterocycles. The molecule has 5 rings (SSSR count). The summed E-state index contributed by atoms with van der Waals surface area (Å²) in [6, 6.07) is 29.2. The van der Waals surface area contributed by atoms with Crippen LogP contribution in [0.1, 0.15) is 23.1 Å². The van der Waals surface area contributed by atoms with Crippen molar-refractivity contribution in [3.05, 3.63) is 102 Å². The van der Waals surface area contributed by atoms with Crippen molar-refractivity contribution < 1.29 is 4.79 Å². The number of nitrogens with zero attached hydrogens (tertiary/aromatic N) is 2. The van der Waals surface area contributed by atoms with Crippen molar-refractivity contribution in [1.29, 1.82) is 0 Å². The Hall–Kier alpha value is -2.91. The van der Waals surface area contributed by atoms with Gasteiger partial charge in [0, 0.05) is 18.8 Å². The van der Waals surface area contributed by atoms with Crippen LogP contribution >= 0.6 is 0 Å². The normalized spacial score (nSPS) is 21.4. The molecule has 0 radical (unpaired) electrons. The summed E-state index contributed by atoms with van der Waals surface area (Å²) in [6.07, 6.45) is 0.890. The smallest absolute Gasteiger partial charge is 0.239 e. The number of amides is 1. The first-order valence-corrected chi connectivity index (χ1v) is 9.98. The number of para-hydroxylation sites is 1. The van der Waals surface area contributed by atoms with E-state index in [9.17, 15) is 4.79 Å². The van der Waals surface area contributed by atoms with Crippen LogP contribution in [0, 0.1) is 0 Å². The van der Waals surface area contributed by atoms with Gasteiger partial charge in [-0.25, -0.2) is 0 Å². The first-order chi connectivity index (χ1) is 13.8. The lowest BCUT2D eigenvalue weighted by Crippen LogP contribution is -2.42. The summed E-state index contributed by atoms with van der Waals surface area (Å²) in [5.41, 5.74) is 4.35. The van der Waals surface area contributed by atoms with Crippen LogP contribution in [0.5, 0.6) is 0 Å². The molecule has 2 heterocycles. The van der Waals surface area contributed by atoms with Gasteiger partial charge in [-0.3, -0.25) is 9.69 Å². The quantitative estimate of drug-likeness (QED) is 0.682. The van der Waals surface area contributed by atoms with E-state index < -0.39 is 5.41 Å². The summed E-state index contributed by atoms with van der Waals surface area (Å²) < 4.78 is 0. The second-order valence-corrected chi connectivity index (χ2v) is 7.92. The summed E-state index contributed by atoms with van der Waals surface area (Å²) in [5.74, 6) is 0.258. The summed E-state index contributed by atoms with van der Waals surface area (Å²) in [4.78, 5) is 18.1. The topological polar surface area (TPSA) is 23.6 Å². The number of hydrogen-bond donors (Lipinski definition) is 0. The van der Waals surface area contributed by atoms with Gasteiger partial charge in [0.2, 0.25) is 5.91 Å².